The summed E-state index contributed by atoms with van der Waals surface area (Å²) >= 11 is 4.83. The minimum atomic E-state index is -0.368. The van der Waals surface area contributed by atoms with Gasteiger partial charge in [0.25, 0.3) is 0 Å². The lowest BCUT2D eigenvalue weighted by Crippen LogP contribution is -2.27. The first-order valence-electron chi connectivity index (χ1n) is 3.65. The van der Waals surface area contributed by atoms with Gasteiger partial charge in [-0.3, -0.25) is 0 Å². The summed E-state index contributed by atoms with van der Waals surface area (Å²) in [4.78, 5) is 4.09. The molecular weight excluding hydrogens is 240 g/mol. The van der Waals surface area contributed by atoms with E-state index in [0.717, 1.165) is 8.92 Å². The molecule has 0 saturated carbocycles. The summed E-state index contributed by atoms with van der Waals surface area (Å²) in [6.45, 7) is 3.67. The number of rotatable bonds is 3. The van der Waals surface area contributed by atoms with Crippen LogP contribution in [0.25, 0.3) is 0 Å². The first kappa shape index (κ1) is 9.95. The fourth-order valence-corrected chi connectivity index (χ4v) is 1.84. The zero-order valence-corrected chi connectivity index (χ0v) is 9.32. The largest absolute Gasteiger partial charge is 0.391 e. The van der Waals surface area contributed by atoms with Crippen LogP contribution in [-0.4, -0.2) is 22.2 Å². The van der Waals surface area contributed by atoms with Gasteiger partial charge >= 0.3 is 0 Å². The van der Waals surface area contributed by atoms with Crippen molar-refractivity contribution in [2.24, 2.45) is 0 Å². The molecule has 2 N–H and O–H groups in total. The number of thiazole rings is 1. The molecule has 1 aromatic rings. The molecule has 2 atom stereocenters. The van der Waals surface area contributed by atoms with Gasteiger partial charge in [0.15, 0.2) is 5.13 Å². The molecule has 68 valence electrons. The van der Waals surface area contributed by atoms with Crippen LogP contribution in [0.15, 0.2) is 9.98 Å². The fraction of sp³-hybridized carbons (Fsp3) is 0.571. The number of anilines is 1. The second-order valence-corrected chi connectivity index (χ2v) is 5.05. The van der Waals surface area contributed by atoms with Crippen molar-refractivity contribution in [1.82, 2.24) is 4.98 Å². The molecule has 0 aromatic carbocycles. The second-order valence-electron chi connectivity index (χ2n) is 2.64. The maximum absolute atomic E-state index is 9.19. The SMILES string of the molecule is CC(O)C(C)Nc1ncc(Br)s1. The number of nitrogens with zero attached hydrogens (tertiary/aromatic N) is 1. The highest BCUT2D eigenvalue weighted by Gasteiger charge is 2.09. The number of hydrogen-bond acceptors (Lipinski definition) is 4. The predicted octanol–water partition coefficient (Wildman–Crippen LogP) is 2.09. The standard InChI is InChI=1S/C7H11BrN2OS/c1-4(5(2)11)10-7-9-3-6(8)12-7/h3-5,11H,1-2H3,(H,9,10). The Labute approximate surface area is 84.0 Å². The van der Waals surface area contributed by atoms with E-state index in [9.17, 15) is 5.11 Å². The topological polar surface area (TPSA) is 45.1 Å². The van der Waals surface area contributed by atoms with E-state index in [4.69, 9.17) is 0 Å². The lowest BCUT2D eigenvalue weighted by molar-refractivity contribution is 0.178. The maximum atomic E-state index is 9.19. The Kier molecular flexibility index (Phi) is 3.49. The Balaban J connectivity index is 2.52. The van der Waals surface area contributed by atoms with Gasteiger partial charge in [0.05, 0.1) is 22.1 Å². The van der Waals surface area contributed by atoms with E-state index in [1.54, 1.807) is 13.1 Å². The van der Waals surface area contributed by atoms with Gasteiger partial charge in [0.2, 0.25) is 0 Å². The van der Waals surface area contributed by atoms with Crippen molar-refractivity contribution in [1.29, 1.82) is 0 Å². The van der Waals surface area contributed by atoms with E-state index in [-0.39, 0.29) is 12.1 Å². The highest BCUT2D eigenvalue weighted by atomic mass is 79.9. The van der Waals surface area contributed by atoms with Crippen LogP contribution in [0.4, 0.5) is 5.13 Å². The Bertz CT molecular complexity index is 251. The average Bonchev–Trinajstić information content (AvgIpc) is 2.35. The third-order valence-corrected chi connectivity index (χ3v) is 2.96. The van der Waals surface area contributed by atoms with Crippen molar-refractivity contribution >= 4 is 32.4 Å². The number of halogens is 1. The van der Waals surface area contributed by atoms with Crippen LogP contribution < -0.4 is 5.32 Å². The molecule has 0 radical (unpaired) electrons. The summed E-state index contributed by atoms with van der Waals surface area (Å²) in [5.74, 6) is 0. The van der Waals surface area contributed by atoms with Crippen LogP contribution in [0.1, 0.15) is 13.8 Å². The zero-order valence-electron chi connectivity index (χ0n) is 6.91. The van der Waals surface area contributed by atoms with Gasteiger partial charge in [-0.25, -0.2) is 4.98 Å². The van der Waals surface area contributed by atoms with Crippen molar-refractivity contribution in [3.8, 4) is 0 Å². The summed E-state index contributed by atoms with van der Waals surface area (Å²) in [5, 5.41) is 13.1. The highest BCUT2D eigenvalue weighted by Crippen LogP contribution is 2.23. The molecule has 0 amide bonds. The number of aliphatic hydroxyl groups is 1. The number of aliphatic hydroxyl groups excluding tert-OH is 1. The third kappa shape index (κ3) is 2.73. The fourth-order valence-electron chi connectivity index (χ4n) is 0.637. The van der Waals surface area contributed by atoms with Crippen molar-refractivity contribution in [2.45, 2.75) is 26.0 Å². The first-order valence-corrected chi connectivity index (χ1v) is 5.26. The molecule has 1 aromatic heterocycles. The summed E-state index contributed by atoms with van der Waals surface area (Å²) in [6.07, 6.45) is 1.37. The minimum absolute atomic E-state index is 0.0306. The molecule has 5 heteroatoms. The van der Waals surface area contributed by atoms with E-state index >= 15 is 0 Å². The highest BCUT2D eigenvalue weighted by molar-refractivity contribution is 9.11. The zero-order chi connectivity index (χ0) is 9.14. The summed E-state index contributed by atoms with van der Waals surface area (Å²) in [6, 6.07) is 0.0306. The summed E-state index contributed by atoms with van der Waals surface area (Å²) < 4.78 is 0.989. The van der Waals surface area contributed by atoms with Crippen LogP contribution in [0.3, 0.4) is 0 Å². The molecule has 0 aliphatic carbocycles. The van der Waals surface area contributed by atoms with Crippen LogP contribution >= 0.6 is 27.3 Å². The predicted molar refractivity (Wildman–Crippen MR) is 54.6 cm³/mol. The molecule has 0 aliphatic rings. The van der Waals surface area contributed by atoms with E-state index in [0.29, 0.717) is 0 Å². The normalized spacial score (nSPS) is 15.7. The van der Waals surface area contributed by atoms with Gasteiger partial charge in [0, 0.05) is 0 Å². The van der Waals surface area contributed by atoms with Gasteiger partial charge in [-0.15, -0.1) is 0 Å². The average molecular weight is 251 g/mol. The molecule has 0 bridgehead atoms. The van der Waals surface area contributed by atoms with Crippen molar-refractivity contribution in [3.63, 3.8) is 0 Å². The molecule has 2 unspecified atom stereocenters. The molecule has 0 saturated heterocycles. The van der Waals surface area contributed by atoms with Gasteiger partial charge in [-0.05, 0) is 29.8 Å². The number of nitrogens with one attached hydrogen (secondary N) is 1. The molecule has 0 fully saturated rings. The maximum Gasteiger partial charge on any atom is 0.184 e. The van der Waals surface area contributed by atoms with Gasteiger partial charge in [-0.2, -0.15) is 0 Å². The van der Waals surface area contributed by atoms with Crippen LogP contribution in [0, 0.1) is 0 Å². The van der Waals surface area contributed by atoms with E-state index in [1.807, 2.05) is 6.92 Å². The lowest BCUT2D eigenvalue weighted by atomic mass is 10.2. The van der Waals surface area contributed by atoms with Crippen molar-refractivity contribution in [3.05, 3.63) is 9.98 Å². The van der Waals surface area contributed by atoms with Gasteiger partial charge in [-0.1, -0.05) is 11.3 Å². The third-order valence-electron chi connectivity index (χ3n) is 1.55. The Morgan fingerprint density at radius 2 is 2.33 bits per heavy atom. The van der Waals surface area contributed by atoms with Crippen molar-refractivity contribution in [2.75, 3.05) is 5.32 Å². The van der Waals surface area contributed by atoms with Crippen molar-refractivity contribution < 1.29 is 5.11 Å². The monoisotopic (exact) mass is 250 g/mol. The summed E-state index contributed by atoms with van der Waals surface area (Å²) in [7, 11) is 0. The quantitative estimate of drug-likeness (QED) is 0.864. The molecule has 0 spiro atoms. The van der Waals surface area contributed by atoms with Gasteiger partial charge in [0.1, 0.15) is 0 Å². The van der Waals surface area contributed by atoms with Crippen LogP contribution in [-0.2, 0) is 0 Å². The molecular formula is C7H11BrN2OS. The molecule has 3 nitrogen and oxygen atoms in total. The van der Waals surface area contributed by atoms with E-state index in [1.165, 1.54) is 11.3 Å². The Hall–Kier alpha value is -0.130. The smallest absolute Gasteiger partial charge is 0.184 e. The minimum Gasteiger partial charge on any atom is -0.391 e. The first-order chi connectivity index (χ1) is 5.59. The van der Waals surface area contributed by atoms with Gasteiger partial charge < -0.3 is 10.4 Å². The molecule has 1 rings (SSSR count). The van der Waals surface area contributed by atoms with Crippen LogP contribution in [0.2, 0.25) is 0 Å². The lowest BCUT2D eigenvalue weighted by Gasteiger charge is -2.14. The van der Waals surface area contributed by atoms with E-state index < -0.39 is 0 Å². The number of aromatic nitrogens is 1. The van der Waals surface area contributed by atoms with E-state index in [2.05, 4.69) is 26.2 Å². The molecule has 12 heavy (non-hydrogen) atoms. The Morgan fingerprint density at radius 1 is 1.67 bits per heavy atom. The number of hydrogen-bond donors (Lipinski definition) is 2. The molecule has 1 heterocycles. The van der Waals surface area contributed by atoms with Crippen LogP contribution in [0.5, 0.6) is 0 Å². The Morgan fingerprint density at radius 3 is 2.75 bits per heavy atom. The molecule has 0 aliphatic heterocycles. The second kappa shape index (κ2) is 4.20. The summed E-state index contributed by atoms with van der Waals surface area (Å²) in [5.41, 5.74) is 0.